The van der Waals surface area contributed by atoms with Crippen LogP contribution >= 0.6 is 0 Å². The summed E-state index contributed by atoms with van der Waals surface area (Å²) in [7, 11) is 0. The second kappa shape index (κ2) is 6.52. The van der Waals surface area contributed by atoms with Crippen LogP contribution in [0.15, 0.2) is 45.2 Å². The van der Waals surface area contributed by atoms with Gasteiger partial charge in [-0.05, 0) is 18.6 Å². The van der Waals surface area contributed by atoms with Crippen LogP contribution in [0.5, 0.6) is 0 Å². The molecule has 7 heteroatoms. The zero-order valence-electron chi connectivity index (χ0n) is 8.40. The van der Waals surface area contributed by atoms with E-state index in [1.54, 1.807) is 0 Å². The molecule has 1 rings (SSSR count). The standard InChI is InChI=1S/C8H15N7/c9-13-11-4-3-8(7-12-14-10)15-5-1-2-6-15/h1-2,5-6,8H,3-4,7H2,(H2,9,11)(H2,10,12)/t8-/m0/s1. The Bertz CT molecular complexity index is 303. The van der Waals surface area contributed by atoms with Gasteiger partial charge >= 0.3 is 0 Å². The van der Waals surface area contributed by atoms with E-state index in [1.807, 2.05) is 29.1 Å². The van der Waals surface area contributed by atoms with Gasteiger partial charge < -0.3 is 16.3 Å². The highest BCUT2D eigenvalue weighted by atomic mass is 15.3. The van der Waals surface area contributed by atoms with Crippen LogP contribution in [-0.4, -0.2) is 17.7 Å². The summed E-state index contributed by atoms with van der Waals surface area (Å²) in [5.74, 6) is 9.90. The fraction of sp³-hybridized carbons (Fsp3) is 0.500. The lowest BCUT2D eigenvalue weighted by Crippen LogP contribution is -2.12. The Morgan fingerprint density at radius 1 is 1.07 bits per heavy atom. The SMILES string of the molecule is NN=NCC[C@@H](CN=NN)n1cccc1. The molecule has 4 N–H and O–H groups in total. The van der Waals surface area contributed by atoms with Crippen molar-refractivity contribution in [3.05, 3.63) is 24.5 Å². The Hall–Kier alpha value is -1.92. The molecule has 0 bridgehead atoms. The molecule has 82 valence electrons. The summed E-state index contributed by atoms with van der Waals surface area (Å²) in [4.78, 5) is 0. The molecule has 0 spiro atoms. The van der Waals surface area contributed by atoms with Crippen molar-refractivity contribution in [3.8, 4) is 0 Å². The van der Waals surface area contributed by atoms with Gasteiger partial charge in [0.1, 0.15) is 0 Å². The van der Waals surface area contributed by atoms with Gasteiger partial charge in [-0.15, -0.1) is 0 Å². The molecule has 0 saturated carbocycles. The van der Waals surface area contributed by atoms with E-state index in [0.717, 1.165) is 6.42 Å². The number of hydrogen-bond donors (Lipinski definition) is 2. The predicted octanol–water partition coefficient (Wildman–Crippen LogP) is 1.07. The lowest BCUT2D eigenvalue weighted by atomic mass is 10.2. The zero-order chi connectivity index (χ0) is 10.9. The van der Waals surface area contributed by atoms with E-state index in [0.29, 0.717) is 13.1 Å². The molecule has 1 atom stereocenters. The van der Waals surface area contributed by atoms with Crippen LogP contribution in [0.3, 0.4) is 0 Å². The molecule has 0 aliphatic heterocycles. The quantitative estimate of drug-likeness (QED) is 0.415. The Labute approximate surface area is 87.8 Å². The third-order valence-electron chi connectivity index (χ3n) is 2.07. The topological polar surface area (TPSA) is 106 Å². The summed E-state index contributed by atoms with van der Waals surface area (Å²) in [6.45, 7) is 1.10. The molecule has 0 unspecified atom stereocenters. The van der Waals surface area contributed by atoms with Crippen LogP contribution in [0.1, 0.15) is 12.5 Å². The Kier molecular flexibility index (Phi) is 4.85. The van der Waals surface area contributed by atoms with Crippen molar-refractivity contribution >= 4 is 0 Å². The fourth-order valence-electron chi connectivity index (χ4n) is 1.33. The fourth-order valence-corrected chi connectivity index (χ4v) is 1.33. The lowest BCUT2D eigenvalue weighted by Gasteiger charge is -2.14. The minimum Gasteiger partial charge on any atom is -0.349 e. The van der Waals surface area contributed by atoms with Gasteiger partial charge in [0, 0.05) is 12.4 Å². The van der Waals surface area contributed by atoms with E-state index < -0.39 is 0 Å². The van der Waals surface area contributed by atoms with Gasteiger partial charge in [0.15, 0.2) is 0 Å². The third-order valence-corrected chi connectivity index (χ3v) is 2.07. The first-order valence-corrected chi connectivity index (χ1v) is 4.64. The number of nitrogens with two attached hydrogens (primary N) is 2. The zero-order valence-corrected chi connectivity index (χ0v) is 8.40. The summed E-state index contributed by atoms with van der Waals surface area (Å²) in [6, 6.07) is 4.10. The van der Waals surface area contributed by atoms with Crippen LogP contribution in [0.4, 0.5) is 0 Å². The van der Waals surface area contributed by atoms with Crippen molar-refractivity contribution in [3.63, 3.8) is 0 Å². The first-order valence-electron chi connectivity index (χ1n) is 4.64. The molecule has 0 aromatic carbocycles. The maximum absolute atomic E-state index is 4.97. The molecular weight excluding hydrogens is 194 g/mol. The van der Waals surface area contributed by atoms with Gasteiger partial charge in [0.05, 0.1) is 19.1 Å². The second-order valence-electron chi connectivity index (χ2n) is 2.99. The molecule has 1 heterocycles. The van der Waals surface area contributed by atoms with Crippen molar-refractivity contribution < 1.29 is 0 Å². The van der Waals surface area contributed by atoms with Gasteiger partial charge in [0.25, 0.3) is 0 Å². The molecule has 0 fully saturated rings. The molecule has 0 saturated heterocycles. The third kappa shape index (κ3) is 3.75. The van der Waals surface area contributed by atoms with Gasteiger partial charge in [-0.25, -0.2) is 0 Å². The van der Waals surface area contributed by atoms with E-state index in [4.69, 9.17) is 11.7 Å². The molecule has 1 aromatic rings. The summed E-state index contributed by atoms with van der Waals surface area (Å²) < 4.78 is 2.04. The molecule has 0 aliphatic carbocycles. The highest BCUT2D eigenvalue weighted by molar-refractivity contribution is 4.93. The molecular formula is C8H15N7. The Morgan fingerprint density at radius 2 is 1.73 bits per heavy atom. The first kappa shape index (κ1) is 11.2. The normalized spacial score (nSPS) is 13.9. The van der Waals surface area contributed by atoms with Gasteiger partial charge in [-0.2, -0.15) is 10.2 Å². The summed E-state index contributed by atoms with van der Waals surface area (Å²) >= 11 is 0. The smallest absolute Gasteiger partial charge is 0.0828 e. The number of hydrogen-bond acceptors (Lipinski definition) is 4. The maximum atomic E-state index is 4.97. The predicted molar refractivity (Wildman–Crippen MR) is 55.9 cm³/mol. The van der Waals surface area contributed by atoms with Crippen molar-refractivity contribution in [1.82, 2.24) is 4.57 Å². The molecule has 7 nitrogen and oxygen atoms in total. The average Bonchev–Trinajstić information content (AvgIpc) is 2.76. The summed E-state index contributed by atoms with van der Waals surface area (Å²) in [6.07, 6.45) is 4.74. The molecule has 0 radical (unpaired) electrons. The second-order valence-corrected chi connectivity index (χ2v) is 2.99. The highest BCUT2D eigenvalue weighted by Crippen LogP contribution is 2.12. The molecule has 1 aromatic heterocycles. The largest absolute Gasteiger partial charge is 0.349 e. The van der Waals surface area contributed by atoms with E-state index >= 15 is 0 Å². The number of aromatic nitrogens is 1. The van der Waals surface area contributed by atoms with Crippen molar-refractivity contribution in [2.75, 3.05) is 13.1 Å². The molecule has 15 heavy (non-hydrogen) atoms. The van der Waals surface area contributed by atoms with Crippen molar-refractivity contribution in [2.45, 2.75) is 12.5 Å². The maximum Gasteiger partial charge on any atom is 0.0828 e. The monoisotopic (exact) mass is 209 g/mol. The average molecular weight is 209 g/mol. The van der Waals surface area contributed by atoms with Gasteiger partial charge in [-0.3, -0.25) is 0 Å². The van der Waals surface area contributed by atoms with Gasteiger partial charge in [0.2, 0.25) is 0 Å². The van der Waals surface area contributed by atoms with Crippen LogP contribution < -0.4 is 11.7 Å². The van der Waals surface area contributed by atoms with Gasteiger partial charge in [-0.1, -0.05) is 10.4 Å². The number of nitrogens with zero attached hydrogens (tertiary/aromatic N) is 5. The lowest BCUT2D eigenvalue weighted by molar-refractivity contribution is 0.472. The number of rotatable bonds is 6. The van der Waals surface area contributed by atoms with E-state index in [9.17, 15) is 0 Å². The van der Waals surface area contributed by atoms with Crippen LogP contribution in [-0.2, 0) is 0 Å². The minimum atomic E-state index is 0.192. The summed E-state index contributed by atoms with van der Waals surface area (Å²) in [5, 5.41) is 14.0. The van der Waals surface area contributed by atoms with Crippen molar-refractivity contribution in [2.24, 2.45) is 32.4 Å². The van der Waals surface area contributed by atoms with Crippen LogP contribution in [0, 0.1) is 0 Å². The first-order chi connectivity index (χ1) is 7.38. The molecule has 0 amide bonds. The summed E-state index contributed by atoms with van der Waals surface area (Å²) in [5.41, 5.74) is 0. The Balaban J connectivity index is 2.53. The van der Waals surface area contributed by atoms with Crippen LogP contribution in [0.25, 0.3) is 0 Å². The van der Waals surface area contributed by atoms with E-state index in [2.05, 4.69) is 20.7 Å². The highest BCUT2D eigenvalue weighted by Gasteiger charge is 2.08. The van der Waals surface area contributed by atoms with Crippen molar-refractivity contribution in [1.29, 1.82) is 0 Å². The van der Waals surface area contributed by atoms with E-state index in [-0.39, 0.29) is 6.04 Å². The molecule has 0 aliphatic rings. The van der Waals surface area contributed by atoms with Crippen LogP contribution in [0.2, 0.25) is 0 Å². The van der Waals surface area contributed by atoms with E-state index in [1.165, 1.54) is 0 Å². The minimum absolute atomic E-state index is 0.192. The Morgan fingerprint density at radius 3 is 2.33 bits per heavy atom.